The maximum absolute atomic E-state index is 12.8. The summed E-state index contributed by atoms with van der Waals surface area (Å²) in [5, 5.41) is 0. The summed E-state index contributed by atoms with van der Waals surface area (Å²) in [6.07, 6.45) is 1.52. The molecule has 0 aliphatic carbocycles. The van der Waals surface area contributed by atoms with Gasteiger partial charge in [-0.15, -0.1) is 12.4 Å². The van der Waals surface area contributed by atoms with Crippen LogP contribution >= 0.6 is 24.2 Å². The zero-order valence-corrected chi connectivity index (χ0v) is 17.2. The van der Waals surface area contributed by atoms with Gasteiger partial charge in [-0.2, -0.15) is 0 Å². The summed E-state index contributed by atoms with van der Waals surface area (Å²) in [5.41, 5.74) is 8.34. The first kappa shape index (κ1) is 20.1. The number of hydrogen-bond acceptors (Lipinski definition) is 4. The van der Waals surface area contributed by atoms with Crippen LogP contribution < -0.4 is 10.6 Å². The average Bonchev–Trinajstić information content (AvgIpc) is 3.08. The number of likely N-dealkylation sites (tertiary alicyclic amines) is 1. The lowest BCUT2D eigenvalue weighted by atomic mass is 9.90. The molecular weight excluding hydrogens is 378 g/mol. The summed E-state index contributed by atoms with van der Waals surface area (Å²) < 4.78 is 0. The minimum atomic E-state index is 0. The van der Waals surface area contributed by atoms with Gasteiger partial charge < -0.3 is 15.5 Å². The van der Waals surface area contributed by atoms with Crippen molar-refractivity contribution in [1.29, 1.82) is 0 Å². The largest absolute Gasteiger partial charge is 0.342 e. The molecule has 0 radical (unpaired) electrons. The van der Waals surface area contributed by atoms with Gasteiger partial charge >= 0.3 is 0 Å². The third-order valence-corrected chi connectivity index (χ3v) is 6.61. The number of nitrogens with two attached hydrogens (primary N) is 1. The number of anilines is 2. The molecule has 144 valence electrons. The van der Waals surface area contributed by atoms with Crippen LogP contribution in [-0.4, -0.2) is 37.0 Å². The predicted molar refractivity (Wildman–Crippen MR) is 114 cm³/mol. The summed E-state index contributed by atoms with van der Waals surface area (Å²) >= 11 is 1.80. The van der Waals surface area contributed by atoms with Crippen LogP contribution in [0.15, 0.2) is 58.3 Å². The van der Waals surface area contributed by atoms with E-state index < -0.39 is 0 Å². The van der Waals surface area contributed by atoms with Crippen molar-refractivity contribution in [3.8, 4) is 0 Å². The van der Waals surface area contributed by atoms with Gasteiger partial charge in [-0.05, 0) is 42.6 Å². The Bertz CT molecular complexity index is 785. The van der Waals surface area contributed by atoms with Crippen LogP contribution in [-0.2, 0) is 4.79 Å². The second-order valence-electron chi connectivity index (χ2n) is 7.52. The number of benzene rings is 2. The first-order chi connectivity index (χ1) is 12.6. The number of nitrogens with zero attached hydrogens (tertiary/aromatic N) is 2. The fourth-order valence-corrected chi connectivity index (χ4v) is 4.89. The zero-order chi connectivity index (χ0) is 18.1. The Morgan fingerprint density at radius 1 is 1.11 bits per heavy atom. The van der Waals surface area contributed by atoms with Crippen LogP contribution in [0.5, 0.6) is 0 Å². The molecule has 0 bridgehead atoms. The molecule has 0 aromatic heterocycles. The van der Waals surface area contributed by atoms with Crippen LogP contribution in [0.1, 0.15) is 19.8 Å². The molecule has 2 aromatic rings. The summed E-state index contributed by atoms with van der Waals surface area (Å²) in [4.78, 5) is 19.5. The van der Waals surface area contributed by atoms with Crippen LogP contribution in [0, 0.1) is 5.41 Å². The summed E-state index contributed by atoms with van der Waals surface area (Å²) in [5.74, 6) is 0.232. The van der Waals surface area contributed by atoms with Gasteiger partial charge in [0.05, 0.1) is 11.4 Å². The topological polar surface area (TPSA) is 49.6 Å². The highest BCUT2D eigenvalue weighted by Crippen LogP contribution is 2.47. The zero-order valence-electron chi connectivity index (χ0n) is 15.6. The van der Waals surface area contributed by atoms with Crippen molar-refractivity contribution < 1.29 is 4.79 Å². The number of amides is 1. The predicted octanol–water partition coefficient (Wildman–Crippen LogP) is 4.30. The Morgan fingerprint density at radius 3 is 2.26 bits per heavy atom. The number of hydrogen-bond donors (Lipinski definition) is 1. The number of fused-ring (bicyclic) bond motifs is 2. The smallest absolute Gasteiger partial charge is 0.224 e. The van der Waals surface area contributed by atoms with Gasteiger partial charge in [0.15, 0.2) is 0 Å². The van der Waals surface area contributed by atoms with E-state index in [1.54, 1.807) is 11.8 Å². The lowest BCUT2D eigenvalue weighted by molar-refractivity contribution is -0.130. The fraction of sp³-hybridized carbons (Fsp3) is 0.381. The molecule has 2 aromatic carbocycles. The van der Waals surface area contributed by atoms with Gasteiger partial charge in [0, 0.05) is 35.8 Å². The monoisotopic (exact) mass is 403 g/mol. The van der Waals surface area contributed by atoms with E-state index in [0.717, 1.165) is 19.5 Å². The van der Waals surface area contributed by atoms with E-state index in [4.69, 9.17) is 5.73 Å². The molecule has 0 saturated carbocycles. The van der Waals surface area contributed by atoms with Gasteiger partial charge in [0.1, 0.15) is 0 Å². The van der Waals surface area contributed by atoms with Gasteiger partial charge in [0.2, 0.25) is 5.91 Å². The third-order valence-electron chi connectivity index (χ3n) is 5.48. The number of para-hydroxylation sites is 2. The van der Waals surface area contributed by atoms with E-state index in [0.29, 0.717) is 19.5 Å². The number of carbonyl (C=O) groups is 1. The molecule has 2 aliphatic heterocycles. The second-order valence-corrected chi connectivity index (χ2v) is 8.60. The Morgan fingerprint density at radius 2 is 1.70 bits per heavy atom. The molecule has 2 heterocycles. The summed E-state index contributed by atoms with van der Waals surface area (Å²) in [6, 6.07) is 16.9. The Hall–Kier alpha value is -1.69. The van der Waals surface area contributed by atoms with Crippen LogP contribution in [0.4, 0.5) is 11.4 Å². The molecule has 6 heteroatoms. The highest BCUT2D eigenvalue weighted by molar-refractivity contribution is 7.99. The van der Waals surface area contributed by atoms with Crippen molar-refractivity contribution in [2.75, 3.05) is 31.1 Å². The van der Waals surface area contributed by atoms with E-state index in [-0.39, 0.29) is 23.7 Å². The number of halogens is 1. The molecule has 1 saturated heterocycles. The minimum absolute atomic E-state index is 0. The molecule has 2 aliphatic rings. The van der Waals surface area contributed by atoms with Crippen molar-refractivity contribution in [3.05, 3.63) is 48.5 Å². The number of carbonyl (C=O) groups excluding carboxylic acids is 1. The van der Waals surface area contributed by atoms with Crippen molar-refractivity contribution in [2.45, 2.75) is 29.6 Å². The van der Waals surface area contributed by atoms with Crippen molar-refractivity contribution >= 4 is 41.5 Å². The SMILES string of the molecule is CC1(CN)CCN(C(=O)CCN2c3ccccc3Sc3ccccc32)C1.Cl. The molecule has 27 heavy (non-hydrogen) atoms. The standard InChI is InChI=1S/C21H25N3OS.ClH/c1-21(14-22)11-13-23(15-21)20(25)10-12-24-16-6-2-4-8-18(16)26-19-9-5-3-7-17(19)24;/h2-9H,10-15,22H2,1H3;1H. The average molecular weight is 404 g/mol. The van der Waals surface area contributed by atoms with Crippen LogP contribution in [0.25, 0.3) is 0 Å². The molecule has 1 unspecified atom stereocenters. The van der Waals surface area contributed by atoms with E-state index >= 15 is 0 Å². The van der Waals surface area contributed by atoms with E-state index in [1.807, 2.05) is 4.90 Å². The molecule has 1 amide bonds. The normalized spacial score (nSPS) is 20.7. The first-order valence-electron chi connectivity index (χ1n) is 9.21. The molecule has 1 atom stereocenters. The Labute approximate surface area is 171 Å². The van der Waals surface area contributed by atoms with E-state index in [1.165, 1.54) is 21.2 Å². The molecule has 2 N–H and O–H groups in total. The van der Waals surface area contributed by atoms with Crippen LogP contribution in [0.2, 0.25) is 0 Å². The quantitative estimate of drug-likeness (QED) is 0.826. The molecule has 1 fully saturated rings. The van der Waals surface area contributed by atoms with Gasteiger partial charge in [0.25, 0.3) is 0 Å². The van der Waals surface area contributed by atoms with Gasteiger partial charge in [-0.3, -0.25) is 4.79 Å². The number of rotatable bonds is 4. The molecule has 4 nitrogen and oxygen atoms in total. The maximum Gasteiger partial charge on any atom is 0.224 e. The molecular formula is C21H26ClN3OS. The van der Waals surface area contributed by atoms with E-state index in [9.17, 15) is 4.79 Å². The lowest BCUT2D eigenvalue weighted by Crippen LogP contribution is -2.36. The van der Waals surface area contributed by atoms with Gasteiger partial charge in [-0.25, -0.2) is 0 Å². The van der Waals surface area contributed by atoms with Gasteiger partial charge in [-0.1, -0.05) is 43.0 Å². The Kier molecular flexibility index (Phi) is 6.04. The third kappa shape index (κ3) is 3.96. The van der Waals surface area contributed by atoms with Crippen molar-refractivity contribution in [1.82, 2.24) is 4.90 Å². The molecule has 0 spiro atoms. The maximum atomic E-state index is 12.8. The Balaban J connectivity index is 0.00000210. The van der Waals surface area contributed by atoms with Crippen molar-refractivity contribution in [3.63, 3.8) is 0 Å². The van der Waals surface area contributed by atoms with Crippen LogP contribution in [0.3, 0.4) is 0 Å². The van der Waals surface area contributed by atoms with E-state index in [2.05, 4.69) is 60.4 Å². The highest BCUT2D eigenvalue weighted by atomic mass is 35.5. The lowest BCUT2D eigenvalue weighted by Gasteiger charge is -2.33. The fourth-order valence-electron chi connectivity index (χ4n) is 3.79. The first-order valence-corrected chi connectivity index (χ1v) is 10.0. The molecule has 4 rings (SSSR count). The summed E-state index contributed by atoms with van der Waals surface area (Å²) in [6.45, 7) is 5.12. The van der Waals surface area contributed by atoms with Crippen molar-refractivity contribution in [2.24, 2.45) is 11.1 Å². The second kappa shape index (κ2) is 8.13. The minimum Gasteiger partial charge on any atom is -0.342 e. The summed E-state index contributed by atoms with van der Waals surface area (Å²) in [7, 11) is 0. The highest BCUT2D eigenvalue weighted by Gasteiger charge is 2.35.